The van der Waals surface area contributed by atoms with Crippen molar-refractivity contribution in [3.05, 3.63) is 0 Å². The van der Waals surface area contributed by atoms with Crippen LogP contribution in [0.1, 0.15) is 19.8 Å². The van der Waals surface area contributed by atoms with Gasteiger partial charge in [0.15, 0.2) is 0 Å². The second kappa shape index (κ2) is 7.57. The third-order valence-electron chi connectivity index (χ3n) is 1.13. The first-order valence-corrected chi connectivity index (χ1v) is 6.36. The maximum absolute atomic E-state index is 11.0. The molecular weight excluding hydrogens is 370 g/mol. The maximum Gasteiger partial charge on any atom is 0.318 e. The second-order valence-electron chi connectivity index (χ2n) is 2.05. The molecule has 0 aliphatic rings. The Balaban J connectivity index is 3.46. The van der Waals surface area contributed by atoms with E-state index in [4.69, 9.17) is 4.74 Å². The monoisotopic (exact) mass is 382 g/mol. The topological polar surface area (TPSA) is 26.3 Å². The lowest BCUT2D eigenvalue weighted by molar-refractivity contribution is -0.142. The lowest BCUT2D eigenvalue weighted by Gasteiger charge is -2.06. The van der Waals surface area contributed by atoms with Crippen LogP contribution in [-0.2, 0) is 9.53 Å². The van der Waals surface area contributed by atoms with Crippen molar-refractivity contribution in [3.63, 3.8) is 0 Å². The lowest BCUT2D eigenvalue weighted by Crippen LogP contribution is -2.17. The number of ether oxygens (including phenoxy) is 1. The largest absolute Gasteiger partial charge is 0.465 e. The van der Waals surface area contributed by atoms with Crippen LogP contribution in [0.3, 0.4) is 0 Å². The van der Waals surface area contributed by atoms with E-state index in [1.54, 1.807) is 0 Å². The highest BCUT2D eigenvalue weighted by molar-refractivity contribution is 14.1. The summed E-state index contributed by atoms with van der Waals surface area (Å²) in [4.78, 5) is 11.0. The Hall–Kier alpha value is 0.930. The second-order valence-corrected chi connectivity index (χ2v) is 4.63. The van der Waals surface area contributed by atoms with Crippen LogP contribution in [-0.4, -0.2) is 20.9 Å². The molecule has 0 spiro atoms. The van der Waals surface area contributed by atoms with Gasteiger partial charge in [-0.15, -0.1) is 0 Å². The Bertz CT molecular complexity index is 117. The van der Waals surface area contributed by atoms with E-state index in [9.17, 15) is 4.79 Å². The number of alkyl halides is 2. The SMILES string of the molecule is CCOC(=O)C(I)CCCI. The fourth-order valence-corrected chi connectivity index (χ4v) is 1.67. The molecule has 0 N–H and O–H groups in total. The van der Waals surface area contributed by atoms with E-state index < -0.39 is 0 Å². The van der Waals surface area contributed by atoms with Gasteiger partial charge in [0, 0.05) is 0 Å². The molecule has 0 saturated carbocycles. The van der Waals surface area contributed by atoms with Gasteiger partial charge in [-0.3, -0.25) is 4.79 Å². The summed E-state index contributed by atoms with van der Waals surface area (Å²) in [6, 6.07) is 0. The van der Waals surface area contributed by atoms with E-state index in [1.807, 2.05) is 6.92 Å². The molecular formula is C7H12I2O2. The van der Waals surface area contributed by atoms with Crippen LogP contribution >= 0.6 is 45.2 Å². The van der Waals surface area contributed by atoms with Crippen molar-refractivity contribution in [1.29, 1.82) is 0 Å². The quantitative estimate of drug-likeness (QED) is 0.415. The fraction of sp³-hybridized carbons (Fsp3) is 0.857. The molecule has 0 aromatic heterocycles. The van der Waals surface area contributed by atoms with Crippen LogP contribution in [0.5, 0.6) is 0 Å². The van der Waals surface area contributed by atoms with Crippen LogP contribution in [0.2, 0.25) is 0 Å². The zero-order valence-electron chi connectivity index (χ0n) is 6.48. The van der Waals surface area contributed by atoms with Gasteiger partial charge in [0.2, 0.25) is 0 Å². The Labute approximate surface area is 94.7 Å². The Kier molecular flexibility index (Phi) is 8.21. The van der Waals surface area contributed by atoms with Crippen molar-refractivity contribution >= 4 is 51.2 Å². The molecule has 0 amide bonds. The summed E-state index contributed by atoms with van der Waals surface area (Å²) in [6.45, 7) is 2.32. The number of hydrogen-bond donors (Lipinski definition) is 0. The third kappa shape index (κ3) is 6.12. The fourth-order valence-electron chi connectivity index (χ4n) is 0.607. The first kappa shape index (κ1) is 11.9. The van der Waals surface area contributed by atoms with Gasteiger partial charge in [-0.1, -0.05) is 45.2 Å². The summed E-state index contributed by atoms with van der Waals surface area (Å²) in [7, 11) is 0. The smallest absolute Gasteiger partial charge is 0.318 e. The molecule has 0 aliphatic heterocycles. The third-order valence-corrected chi connectivity index (χ3v) is 3.03. The number of rotatable bonds is 5. The van der Waals surface area contributed by atoms with Crippen LogP contribution in [0.4, 0.5) is 0 Å². The van der Waals surface area contributed by atoms with Crippen molar-refractivity contribution in [2.45, 2.75) is 23.7 Å². The van der Waals surface area contributed by atoms with Crippen molar-refractivity contribution in [2.24, 2.45) is 0 Å². The zero-order valence-corrected chi connectivity index (χ0v) is 10.8. The lowest BCUT2D eigenvalue weighted by atomic mass is 10.2. The minimum absolute atomic E-state index is 0.0438. The molecule has 66 valence electrons. The number of carbonyl (C=O) groups is 1. The molecule has 0 saturated heterocycles. The van der Waals surface area contributed by atoms with Gasteiger partial charge in [0.1, 0.15) is 3.92 Å². The molecule has 0 aliphatic carbocycles. The van der Waals surface area contributed by atoms with E-state index in [1.165, 1.54) is 0 Å². The van der Waals surface area contributed by atoms with Crippen molar-refractivity contribution in [3.8, 4) is 0 Å². The van der Waals surface area contributed by atoms with Gasteiger partial charge in [-0.2, -0.15) is 0 Å². The summed E-state index contributed by atoms with van der Waals surface area (Å²) in [5.41, 5.74) is 0. The number of carbonyl (C=O) groups excluding carboxylic acids is 1. The van der Waals surface area contributed by atoms with Gasteiger partial charge in [0.05, 0.1) is 6.61 Å². The Morgan fingerprint density at radius 2 is 2.27 bits per heavy atom. The van der Waals surface area contributed by atoms with Gasteiger partial charge in [0.25, 0.3) is 0 Å². The van der Waals surface area contributed by atoms with E-state index in [-0.39, 0.29) is 9.89 Å². The predicted octanol–water partition coefficient (Wildman–Crippen LogP) is 2.57. The van der Waals surface area contributed by atoms with E-state index in [0.717, 1.165) is 17.3 Å². The van der Waals surface area contributed by atoms with Crippen LogP contribution in [0.25, 0.3) is 0 Å². The summed E-state index contributed by atoms with van der Waals surface area (Å²) in [6.07, 6.45) is 2.02. The summed E-state index contributed by atoms with van der Waals surface area (Å²) in [5, 5.41) is 0. The van der Waals surface area contributed by atoms with Gasteiger partial charge in [-0.25, -0.2) is 0 Å². The van der Waals surface area contributed by atoms with E-state index >= 15 is 0 Å². The molecule has 0 aromatic rings. The normalized spacial score (nSPS) is 12.6. The molecule has 0 heterocycles. The van der Waals surface area contributed by atoms with Crippen molar-refractivity contribution in [2.75, 3.05) is 11.0 Å². The highest BCUT2D eigenvalue weighted by atomic mass is 127. The van der Waals surface area contributed by atoms with Gasteiger partial charge in [-0.05, 0) is 24.2 Å². The Morgan fingerprint density at radius 3 is 2.73 bits per heavy atom. The minimum Gasteiger partial charge on any atom is -0.465 e. The van der Waals surface area contributed by atoms with E-state index in [0.29, 0.717) is 6.61 Å². The first-order valence-electron chi connectivity index (χ1n) is 3.59. The number of hydrogen-bond acceptors (Lipinski definition) is 2. The zero-order chi connectivity index (χ0) is 8.69. The predicted molar refractivity (Wildman–Crippen MR) is 62.6 cm³/mol. The molecule has 0 bridgehead atoms. The highest BCUT2D eigenvalue weighted by Crippen LogP contribution is 2.11. The molecule has 0 aromatic carbocycles. The molecule has 11 heavy (non-hydrogen) atoms. The summed E-state index contributed by atoms with van der Waals surface area (Å²) < 4.78 is 6.00. The molecule has 4 heteroatoms. The standard InChI is InChI=1S/C7H12I2O2/c1-2-11-7(10)6(9)4-3-5-8/h6H,2-5H2,1H3. The highest BCUT2D eigenvalue weighted by Gasteiger charge is 2.14. The van der Waals surface area contributed by atoms with Gasteiger partial charge >= 0.3 is 5.97 Å². The molecule has 0 radical (unpaired) electrons. The van der Waals surface area contributed by atoms with Crippen LogP contribution < -0.4 is 0 Å². The van der Waals surface area contributed by atoms with E-state index in [2.05, 4.69) is 45.2 Å². The Morgan fingerprint density at radius 1 is 1.64 bits per heavy atom. The minimum atomic E-state index is -0.0713. The molecule has 0 rings (SSSR count). The van der Waals surface area contributed by atoms with Crippen LogP contribution in [0.15, 0.2) is 0 Å². The number of halogens is 2. The average Bonchev–Trinajstić information content (AvgIpc) is 2.00. The van der Waals surface area contributed by atoms with Crippen molar-refractivity contribution < 1.29 is 9.53 Å². The molecule has 0 fully saturated rings. The molecule has 1 atom stereocenters. The maximum atomic E-state index is 11.0. The summed E-state index contributed by atoms with van der Waals surface area (Å²) >= 11 is 4.45. The van der Waals surface area contributed by atoms with Crippen LogP contribution in [0, 0.1) is 0 Å². The van der Waals surface area contributed by atoms with Gasteiger partial charge < -0.3 is 4.74 Å². The summed E-state index contributed by atoms with van der Waals surface area (Å²) in [5.74, 6) is -0.0713. The first-order chi connectivity index (χ1) is 5.22. The molecule has 2 nitrogen and oxygen atoms in total. The average molecular weight is 382 g/mol. The number of esters is 1. The van der Waals surface area contributed by atoms with Crippen molar-refractivity contribution in [1.82, 2.24) is 0 Å². The molecule has 1 unspecified atom stereocenters.